The number of nitro benzene ring substituents is 1. The van der Waals surface area contributed by atoms with Gasteiger partial charge in [-0.15, -0.1) is 0 Å². The molecule has 4 rings (SSSR count). The highest BCUT2D eigenvalue weighted by Crippen LogP contribution is 2.39. The van der Waals surface area contributed by atoms with Crippen molar-refractivity contribution in [1.29, 1.82) is 0 Å². The zero-order chi connectivity index (χ0) is 23.8. The minimum absolute atomic E-state index is 0.0954. The zero-order valence-corrected chi connectivity index (χ0v) is 18.5. The zero-order valence-electron chi connectivity index (χ0n) is 17.6. The normalized spacial score (nSPS) is 19.8. The number of nitrogens with zero attached hydrogens (tertiary/aromatic N) is 2. The molecule has 2 N–H and O–H groups in total. The quantitative estimate of drug-likeness (QED) is 0.339. The molecule has 2 aliphatic rings. The molecule has 10 nitrogen and oxygen atoms in total. The molecule has 0 spiro atoms. The Kier molecular flexibility index (Phi) is 5.93. The molecule has 0 unspecified atom stereocenters. The summed E-state index contributed by atoms with van der Waals surface area (Å²) in [4.78, 5) is 36.3. The van der Waals surface area contributed by atoms with Crippen LogP contribution >= 0.6 is 0 Å². The molecule has 0 bridgehead atoms. The van der Waals surface area contributed by atoms with Crippen LogP contribution in [0.5, 0.6) is 0 Å². The topological polar surface area (TPSA) is 147 Å². The van der Waals surface area contributed by atoms with Gasteiger partial charge in [-0.3, -0.25) is 14.9 Å². The van der Waals surface area contributed by atoms with E-state index in [1.54, 1.807) is 24.3 Å². The van der Waals surface area contributed by atoms with Gasteiger partial charge in [0.15, 0.2) is 4.90 Å². The van der Waals surface area contributed by atoms with Gasteiger partial charge in [-0.2, -0.15) is 4.72 Å². The Hall–Kier alpha value is -3.31. The van der Waals surface area contributed by atoms with E-state index in [-0.39, 0.29) is 18.5 Å². The first-order valence-electron chi connectivity index (χ1n) is 10.5. The van der Waals surface area contributed by atoms with Gasteiger partial charge in [-0.1, -0.05) is 55.3 Å². The van der Waals surface area contributed by atoms with Crippen molar-refractivity contribution in [3.8, 4) is 0 Å². The van der Waals surface area contributed by atoms with E-state index >= 15 is 0 Å². The van der Waals surface area contributed by atoms with Gasteiger partial charge in [0.2, 0.25) is 15.9 Å². The lowest BCUT2D eigenvalue weighted by Crippen LogP contribution is -2.72. The minimum atomic E-state index is -4.42. The number of sulfonamides is 1. The predicted molar refractivity (Wildman–Crippen MR) is 117 cm³/mol. The molecule has 0 radical (unpaired) electrons. The second-order valence-corrected chi connectivity index (χ2v) is 10.0. The molecule has 1 saturated carbocycles. The summed E-state index contributed by atoms with van der Waals surface area (Å²) in [6.07, 6.45) is 2.15. The van der Waals surface area contributed by atoms with Gasteiger partial charge in [-0.25, -0.2) is 13.2 Å². The summed E-state index contributed by atoms with van der Waals surface area (Å²) >= 11 is 0. The first-order valence-corrected chi connectivity index (χ1v) is 12.0. The number of amides is 1. The third-order valence-corrected chi connectivity index (χ3v) is 7.87. The van der Waals surface area contributed by atoms with Crippen LogP contribution in [0.15, 0.2) is 53.4 Å². The molecule has 1 amide bonds. The summed E-state index contributed by atoms with van der Waals surface area (Å²) in [7, 11) is -4.42. The molecule has 11 heteroatoms. The fraction of sp³-hybridized carbons (Fsp3) is 0.364. The fourth-order valence-electron chi connectivity index (χ4n) is 4.66. The molecular weight excluding hydrogens is 450 g/mol. The number of benzene rings is 2. The Morgan fingerprint density at radius 2 is 1.82 bits per heavy atom. The first-order chi connectivity index (χ1) is 15.7. The van der Waals surface area contributed by atoms with Crippen molar-refractivity contribution >= 4 is 27.6 Å². The van der Waals surface area contributed by atoms with Crippen LogP contribution in [0.25, 0.3) is 0 Å². The van der Waals surface area contributed by atoms with Crippen LogP contribution in [0, 0.1) is 10.1 Å². The number of aliphatic carboxylic acids is 1. The summed E-state index contributed by atoms with van der Waals surface area (Å²) in [5.74, 6) is -1.73. The van der Waals surface area contributed by atoms with Crippen LogP contribution in [-0.4, -0.2) is 53.3 Å². The van der Waals surface area contributed by atoms with Crippen molar-refractivity contribution in [2.45, 2.75) is 48.6 Å². The largest absolute Gasteiger partial charge is 0.479 e. The molecule has 1 heterocycles. The highest BCUT2D eigenvalue weighted by molar-refractivity contribution is 7.89. The Morgan fingerprint density at radius 1 is 1.15 bits per heavy atom. The standard InChI is InChI=1S/C22H23N3O7S/c26-20-17(14-24(20)22(21(27)28)11-4-5-12-22)23-33(31,32)18-10-6-9-16(19(18)25(29)30)13-15-7-2-1-3-8-15/h1-3,6-10,17,23H,4-5,11-14H2,(H,27,28)/t17-/m0/s1. The number of β-lactam (4-membered cyclic amide) rings is 1. The fourth-order valence-corrected chi connectivity index (χ4v) is 6.05. The molecule has 33 heavy (non-hydrogen) atoms. The third kappa shape index (κ3) is 4.09. The van der Waals surface area contributed by atoms with Crippen molar-refractivity contribution in [3.63, 3.8) is 0 Å². The Balaban J connectivity index is 1.58. The second kappa shape index (κ2) is 8.56. The number of carbonyl (C=O) groups is 2. The van der Waals surface area contributed by atoms with Gasteiger partial charge >= 0.3 is 5.97 Å². The molecule has 1 saturated heterocycles. The van der Waals surface area contributed by atoms with E-state index in [9.17, 15) is 33.2 Å². The second-order valence-electron chi connectivity index (χ2n) is 8.35. The van der Waals surface area contributed by atoms with Gasteiger partial charge < -0.3 is 10.0 Å². The molecular formula is C22H23N3O7S. The van der Waals surface area contributed by atoms with Gasteiger partial charge in [0.1, 0.15) is 11.6 Å². The number of carboxylic acids is 1. The van der Waals surface area contributed by atoms with E-state index in [1.807, 2.05) is 6.07 Å². The summed E-state index contributed by atoms with van der Waals surface area (Å²) in [5.41, 5.74) is -0.842. The molecule has 1 atom stereocenters. The molecule has 0 aromatic heterocycles. The number of carboxylic acid groups (broad SMARTS) is 1. The first kappa shape index (κ1) is 22.9. The maximum atomic E-state index is 13.0. The maximum Gasteiger partial charge on any atom is 0.329 e. The number of likely N-dealkylation sites (tertiary alicyclic amines) is 1. The Bertz CT molecular complexity index is 1210. The number of para-hydroxylation sites is 1. The van der Waals surface area contributed by atoms with Crippen LogP contribution in [0.4, 0.5) is 5.69 Å². The van der Waals surface area contributed by atoms with Crippen LogP contribution in [0.3, 0.4) is 0 Å². The lowest BCUT2D eigenvalue weighted by molar-refractivity contribution is -0.388. The van der Waals surface area contributed by atoms with E-state index in [4.69, 9.17) is 0 Å². The summed E-state index contributed by atoms with van der Waals surface area (Å²) < 4.78 is 28.3. The molecule has 2 aromatic rings. The lowest BCUT2D eigenvalue weighted by atomic mass is 9.89. The summed E-state index contributed by atoms with van der Waals surface area (Å²) in [5, 5.41) is 21.5. The molecule has 2 aromatic carbocycles. The molecule has 174 valence electrons. The van der Waals surface area contributed by atoms with Crippen LogP contribution in [0.2, 0.25) is 0 Å². The van der Waals surface area contributed by atoms with E-state index in [1.165, 1.54) is 17.0 Å². The van der Waals surface area contributed by atoms with Gasteiger partial charge in [0, 0.05) is 18.5 Å². The van der Waals surface area contributed by atoms with E-state index < -0.39 is 49.0 Å². The van der Waals surface area contributed by atoms with Crippen LogP contribution in [-0.2, 0) is 26.0 Å². The number of nitrogens with one attached hydrogen (secondary N) is 1. The minimum Gasteiger partial charge on any atom is -0.479 e. The Labute approximate surface area is 190 Å². The van der Waals surface area contributed by atoms with Gasteiger partial charge in [0.05, 0.1) is 4.92 Å². The van der Waals surface area contributed by atoms with E-state index in [0.29, 0.717) is 25.7 Å². The number of hydrogen-bond acceptors (Lipinski definition) is 6. The highest BCUT2D eigenvalue weighted by atomic mass is 32.2. The van der Waals surface area contributed by atoms with Crippen molar-refractivity contribution in [3.05, 3.63) is 69.8 Å². The summed E-state index contributed by atoms with van der Waals surface area (Å²) in [6, 6.07) is 11.8. The van der Waals surface area contributed by atoms with Crippen LogP contribution in [0.1, 0.15) is 36.8 Å². The number of hydrogen-bond donors (Lipinski definition) is 2. The van der Waals surface area contributed by atoms with Gasteiger partial charge in [0.25, 0.3) is 5.69 Å². The van der Waals surface area contributed by atoms with Crippen molar-refractivity contribution < 1.29 is 28.0 Å². The number of rotatable bonds is 8. The number of nitro groups is 1. The van der Waals surface area contributed by atoms with Crippen molar-refractivity contribution in [1.82, 2.24) is 9.62 Å². The van der Waals surface area contributed by atoms with Crippen molar-refractivity contribution in [2.75, 3.05) is 6.54 Å². The average Bonchev–Trinajstić information content (AvgIpc) is 3.27. The summed E-state index contributed by atoms with van der Waals surface area (Å²) in [6.45, 7) is -0.0954. The maximum absolute atomic E-state index is 13.0. The highest BCUT2D eigenvalue weighted by Gasteiger charge is 2.56. The predicted octanol–water partition coefficient (Wildman–Crippen LogP) is 2.07. The molecule has 1 aliphatic carbocycles. The third-order valence-electron chi connectivity index (χ3n) is 6.36. The molecule has 2 fully saturated rings. The average molecular weight is 474 g/mol. The molecule has 1 aliphatic heterocycles. The monoisotopic (exact) mass is 473 g/mol. The lowest BCUT2D eigenvalue weighted by Gasteiger charge is -2.47. The van der Waals surface area contributed by atoms with Gasteiger partial charge in [-0.05, 0) is 24.5 Å². The smallest absolute Gasteiger partial charge is 0.329 e. The van der Waals surface area contributed by atoms with Crippen LogP contribution < -0.4 is 4.72 Å². The van der Waals surface area contributed by atoms with Crippen molar-refractivity contribution in [2.24, 2.45) is 0 Å². The van der Waals surface area contributed by atoms with E-state index in [0.717, 1.165) is 11.6 Å². The Morgan fingerprint density at radius 3 is 2.39 bits per heavy atom. The SMILES string of the molecule is O=C1[C@@H](NS(=O)(=O)c2cccc(Cc3ccccc3)c2[N+](=O)[O-])CN1C1(C(=O)O)CCCC1. The number of carbonyl (C=O) groups excluding carboxylic acids is 1. The van der Waals surface area contributed by atoms with E-state index in [2.05, 4.69) is 4.72 Å².